The summed E-state index contributed by atoms with van der Waals surface area (Å²) in [6, 6.07) is -1.19. The van der Waals surface area contributed by atoms with E-state index in [0.29, 0.717) is 0 Å². The Morgan fingerprint density at radius 2 is 1.91 bits per heavy atom. The van der Waals surface area contributed by atoms with Gasteiger partial charge in [-0.25, -0.2) is 27.9 Å². The summed E-state index contributed by atoms with van der Waals surface area (Å²) < 4.78 is 88.2. The standard InChI is InChI=1S/C20H22F2N11O9PS2/c21-8-12-6(39-18(8)33-5-28-11-16(33)30-20(24)31-17(11)34)1-29-45(36,37)42-13-7(2-38-43(35,44)41-12)40-19(9(13)22)32-4-27-10-14(23)25-3-26-15(10)32/h3-9,11-13,18-19,29H,1-2H2,(H,35,44)(H2,23,25,26)(H2,24,31,34)/p-1/t6-,7-,8-,9+,11?,12-,13-,18-,19-,43?/m1/s1. The molecule has 2 aromatic heterocycles. The Bertz CT molecular complexity index is 1800. The van der Waals surface area contributed by atoms with Crippen LogP contribution >= 0.6 is 6.72 Å². The number of nitrogens with two attached hydrogens (primary N) is 1. The number of hydrogen-bond donors (Lipinski definition) is 4. The Balaban J connectivity index is 1.14. The third-order valence-electron chi connectivity index (χ3n) is 7.38. The predicted octanol–water partition coefficient (Wildman–Crippen LogP) is -2.90. The second kappa shape index (κ2) is 11.0. The highest BCUT2D eigenvalue weighted by Crippen LogP contribution is 2.47. The summed E-state index contributed by atoms with van der Waals surface area (Å²) in [6.45, 7) is -6.11. The molecule has 20 nitrogen and oxygen atoms in total. The van der Waals surface area contributed by atoms with Crippen molar-refractivity contribution < 1.29 is 49.6 Å². The van der Waals surface area contributed by atoms with Crippen LogP contribution in [0.1, 0.15) is 6.23 Å². The van der Waals surface area contributed by atoms with Crippen LogP contribution in [0.4, 0.5) is 14.6 Å². The first-order chi connectivity index (χ1) is 21.3. The molecule has 0 bridgehead atoms. The maximum Gasteiger partial charge on any atom is 0.336 e. The van der Waals surface area contributed by atoms with Crippen molar-refractivity contribution in [3.05, 3.63) is 12.7 Å². The number of carbonyl (C=O) groups excluding carboxylic acids is 1. The van der Waals surface area contributed by atoms with Crippen molar-refractivity contribution in [2.75, 3.05) is 18.9 Å². The van der Waals surface area contributed by atoms with E-state index in [1.807, 2.05) is 0 Å². The number of fused-ring (bicyclic) bond motifs is 4. The maximum absolute atomic E-state index is 15.9. The highest BCUT2D eigenvalue weighted by atomic mass is 32.5. The van der Waals surface area contributed by atoms with Crippen LogP contribution < -0.4 is 20.7 Å². The number of guanidine groups is 1. The molecule has 3 saturated heterocycles. The number of aromatic nitrogens is 4. The smallest absolute Gasteiger partial charge is 0.336 e. The average Bonchev–Trinajstić information content (AvgIpc) is 3.72. The van der Waals surface area contributed by atoms with Gasteiger partial charge < -0.3 is 29.1 Å². The number of amides is 1. The fraction of sp³-hybridized carbons (Fsp3) is 0.550. The molecule has 0 spiro atoms. The molecule has 0 radical (unpaired) electrons. The fourth-order valence-electron chi connectivity index (χ4n) is 5.37. The minimum absolute atomic E-state index is 0.00362. The molecule has 7 rings (SSSR count). The first-order valence-electron chi connectivity index (χ1n) is 13.0. The highest BCUT2D eigenvalue weighted by molar-refractivity contribution is 8.06. The van der Waals surface area contributed by atoms with E-state index in [0.717, 1.165) is 28.5 Å². The van der Waals surface area contributed by atoms with Crippen LogP contribution in [-0.4, -0.2) is 119 Å². The molecule has 10 atom stereocenters. The predicted molar refractivity (Wildman–Crippen MR) is 146 cm³/mol. The molecule has 0 aliphatic carbocycles. The normalized spacial score (nSPS) is 39.8. The summed E-state index contributed by atoms with van der Waals surface area (Å²) in [5.74, 6) is -1.34. The highest BCUT2D eigenvalue weighted by Gasteiger charge is 2.54. The molecule has 7 heterocycles. The van der Waals surface area contributed by atoms with Crippen LogP contribution in [0.5, 0.6) is 0 Å². The van der Waals surface area contributed by atoms with E-state index in [1.54, 1.807) is 0 Å². The van der Waals surface area contributed by atoms with Crippen LogP contribution in [0.25, 0.3) is 11.2 Å². The number of nitrogens with one attached hydrogen (secondary N) is 3. The van der Waals surface area contributed by atoms with Gasteiger partial charge in [0.25, 0.3) is 5.91 Å². The number of imidazole rings is 1. The minimum Gasteiger partial charge on any atom is -0.780 e. The number of aliphatic imine (C=N–C) groups is 2. The number of nitrogen functional groups attached to an aromatic ring is 1. The van der Waals surface area contributed by atoms with Crippen LogP contribution in [-0.2, 0) is 49.6 Å². The maximum atomic E-state index is 15.9. The van der Waals surface area contributed by atoms with Gasteiger partial charge in [0.1, 0.15) is 43.0 Å². The number of anilines is 1. The van der Waals surface area contributed by atoms with E-state index in [4.69, 9.17) is 45.7 Å². The number of alkyl halides is 2. The van der Waals surface area contributed by atoms with Crippen LogP contribution in [0.15, 0.2) is 22.6 Å². The van der Waals surface area contributed by atoms with Gasteiger partial charge in [-0.15, -0.1) is 0 Å². The van der Waals surface area contributed by atoms with Gasteiger partial charge in [-0.1, -0.05) is 11.8 Å². The summed E-state index contributed by atoms with van der Waals surface area (Å²) in [5.41, 5.74) is 6.00. The van der Waals surface area contributed by atoms with E-state index < -0.39 is 97.3 Å². The molecule has 242 valence electrons. The van der Waals surface area contributed by atoms with E-state index in [-0.39, 0.29) is 22.8 Å². The first-order valence-corrected chi connectivity index (χ1v) is 16.9. The number of rotatable bonds is 2. The third-order valence-corrected chi connectivity index (χ3v) is 9.92. The number of halogens is 2. The Morgan fingerprint density at radius 1 is 1.16 bits per heavy atom. The molecule has 45 heavy (non-hydrogen) atoms. The third kappa shape index (κ3) is 5.39. The number of hydrogen-bond acceptors (Lipinski definition) is 17. The summed E-state index contributed by atoms with van der Waals surface area (Å²) in [5, 5.41) is 9.85. The van der Waals surface area contributed by atoms with Gasteiger partial charge in [-0.2, -0.15) is 18.1 Å². The lowest BCUT2D eigenvalue weighted by Crippen LogP contribution is -2.52. The van der Waals surface area contributed by atoms with Gasteiger partial charge in [0.15, 0.2) is 48.1 Å². The van der Waals surface area contributed by atoms with Gasteiger partial charge in [0.05, 0.1) is 19.3 Å². The SMILES string of the molecule is N=C1N=C2C(N=CN2[C@@H]2O[C@@H]3CNS(=O)(=O)O[C@H]4[C@H](F)[C@H](n5cnc6c(N)ncnc65)O[C@@H]4COP([O-])(=S)O[C@H]3[C@H]2F)C(=O)N1. The van der Waals surface area contributed by atoms with Crippen molar-refractivity contribution in [3.8, 4) is 0 Å². The Kier molecular flexibility index (Phi) is 7.42. The van der Waals surface area contributed by atoms with Crippen LogP contribution in [0.3, 0.4) is 0 Å². The number of carbonyl (C=O) groups is 1. The van der Waals surface area contributed by atoms with Gasteiger partial charge >= 0.3 is 10.3 Å². The summed E-state index contributed by atoms with van der Waals surface area (Å²) >= 11 is 4.99. The van der Waals surface area contributed by atoms with Crippen LogP contribution in [0, 0.1) is 5.41 Å². The van der Waals surface area contributed by atoms with Gasteiger partial charge in [-0.05, 0) is 0 Å². The number of nitrogens with zero attached hydrogens (tertiary/aromatic N) is 7. The molecule has 0 aromatic carbocycles. The lowest BCUT2D eigenvalue weighted by Gasteiger charge is -2.34. The fourth-order valence-corrected chi connectivity index (χ4v) is 7.75. The molecule has 0 saturated carbocycles. The second-order valence-electron chi connectivity index (χ2n) is 10.2. The molecule has 3 fully saturated rings. The zero-order chi connectivity index (χ0) is 31.8. The average molecular weight is 693 g/mol. The van der Waals surface area contributed by atoms with Gasteiger partial charge in [-0.3, -0.25) is 30.0 Å². The monoisotopic (exact) mass is 692 g/mol. The van der Waals surface area contributed by atoms with Crippen molar-refractivity contribution in [2.45, 2.75) is 55.3 Å². The Morgan fingerprint density at radius 3 is 2.71 bits per heavy atom. The second-order valence-corrected chi connectivity index (χ2v) is 14.3. The van der Waals surface area contributed by atoms with E-state index >= 15 is 8.78 Å². The summed E-state index contributed by atoms with van der Waals surface area (Å²) in [4.78, 5) is 46.2. The molecule has 2 aromatic rings. The Hall–Kier alpha value is -3.19. The van der Waals surface area contributed by atoms with Crippen molar-refractivity contribution in [1.29, 1.82) is 5.41 Å². The van der Waals surface area contributed by atoms with E-state index in [1.165, 1.54) is 0 Å². The number of ether oxygens (including phenoxy) is 2. The van der Waals surface area contributed by atoms with E-state index in [2.05, 4.69) is 35.0 Å². The zero-order valence-electron chi connectivity index (χ0n) is 22.2. The molecule has 5 N–H and O–H groups in total. The molecule has 1 amide bonds. The molecule has 5 aliphatic rings. The van der Waals surface area contributed by atoms with Crippen LogP contribution in [0.2, 0.25) is 0 Å². The molecule has 25 heteroatoms. The lowest BCUT2D eigenvalue weighted by molar-refractivity contribution is -0.216. The van der Waals surface area contributed by atoms with Crippen molar-refractivity contribution >= 4 is 69.9 Å². The zero-order valence-corrected chi connectivity index (χ0v) is 24.8. The lowest BCUT2D eigenvalue weighted by atomic mass is 10.1. The minimum atomic E-state index is -4.79. The summed E-state index contributed by atoms with van der Waals surface area (Å²) in [7, 11) is -4.79. The molecular weight excluding hydrogens is 671 g/mol. The molecular formula is C20H21F2N11O9PS2-. The largest absolute Gasteiger partial charge is 0.780 e. The molecule has 2 unspecified atom stereocenters. The first kappa shape index (κ1) is 30.5. The van der Waals surface area contributed by atoms with Crippen molar-refractivity contribution in [1.82, 2.24) is 34.5 Å². The Labute approximate surface area is 256 Å². The number of amidine groups is 1. The summed E-state index contributed by atoms with van der Waals surface area (Å²) in [6.07, 6.45) is -10.9. The van der Waals surface area contributed by atoms with Gasteiger partial charge in [0.2, 0.25) is 5.96 Å². The molecule has 5 aliphatic heterocycles. The van der Waals surface area contributed by atoms with Crippen molar-refractivity contribution in [3.63, 3.8) is 0 Å². The van der Waals surface area contributed by atoms with Crippen molar-refractivity contribution in [2.24, 2.45) is 9.98 Å². The van der Waals surface area contributed by atoms with E-state index in [9.17, 15) is 18.1 Å². The van der Waals surface area contributed by atoms with Gasteiger partial charge in [0, 0.05) is 6.54 Å². The topological polar surface area (TPSA) is 266 Å². The quantitative estimate of drug-likeness (QED) is 0.230.